The summed E-state index contributed by atoms with van der Waals surface area (Å²) in [5.74, 6) is 1.99. The minimum atomic E-state index is 0.652. The lowest BCUT2D eigenvalue weighted by atomic mass is 9.95. The Morgan fingerprint density at radius 1 is 0.500 bits per heavy atom. The summed E-state index contributed by atoms with van der Waals surface area (Å²) < 4.78 is 0. The zero-order valence-corrected chi connectivity index (χ0v) is 22.9. The average Bonchev–Trinajstić information content (AvgIpc) is 3.07. The molecule has 0 radical (unpaired) electrons. The summed E-state index contributed by atoms with van der Waals surface area (Å²) in [5.41, 5.74) is 8.71. The van der Waals surface area contributed by atoms with Crippen molar-refractivity contribution in [1.82, 2.24) is 19.9 Å². The molecular weight excluding hydrogens is 512 g/mol. The molecule has 2 aromatic heterocycles. The lowest BCUT2D eigenvalue weighted by Crippen LogP contribution is -2.01. The molecule has 0 N–H and O–H groups in total. The van der Waals surface area contributed by atoms with Crippen LogP contribution >= 0.6 is 0 Å². The lowest BCUT2D eigenvalue weighted by Gasteiger charge is -2.13. The Morgan fingerprint density at radius 2 is 1.17 bits per heavy atom. The molecule has 198 valence electrons. The third-order valence-corrected chi connectivity index (χ3v) is 8.01. The van der Waals surface area contributed by atoms with Crippen molar-refractivity contribution >= 4 is 27.8 Å². The highest BCUT2D eigenvalue weighted by atomic mass is 15.0. The lowest BCUT2D eigenvalue weighted by molar-refractivity contribution is 0.985. The van der Waals surface area contributed by atoms with Crippen molar-refractivity contribution in [3.63, 3.8) is 0 Å². The van der Waals surface area contributed by atoms with Crippen molar-refractivity contribution in [2.45, 2.75) is 12.8 Å². The predicted molar refractivity (Wildman–Crippen MR) is 172 cm³/mol. The maximum atomic E-state index is 5.00. The summed E-state index contributed by atoms with van der Waals surface area (Å²) in [5, 5.41) is 3.47. The number of aromatic nitrogens is 4. The van der Waals surface area contributed by atoms with E-state index in [1.165, 1.54) is 16.5 Å². The van der Waals surface area contributed by atoms with E-state index >= 15 is 0 Å². The molecule has 0 amide bonds. The van der Waals surface area contributed by atoms with Crippen LogP contribution < -0.4 is 0 Å². The number of fused-ring (bicyclic) bond motifs is 3. The van der Waals surface area contributed by atoms with E-state index in [2.05, 4.69) is 126 Å². The first kappa shape index (κ1) is 24.3. The van der Waals surface area contributed by atoms with Crippen LogP contribution in [0.25, 0.3) is 73.0 Å². The Kier molecular flexibility index (Phi) is 5.89. The highest BCUT2D eigenvalue weighted by Crippen LogP contribution is 2.32. The van der Waals surface area contributed by atoms with Gasteiger partial charge in [-0.05, 0) is 58.5 Å². The molecule has 4 nitrogen and oxygen atoms in total. The van der Waals surface area contributed by atoms with Crippen LogP contribution in [0.5, 0.6) is 0 Å². The zero-order valence-electron chi connectivity index (χ0n) is 22.9. The summed E-state index contributed by atoms with van der Waals surface area (Å²) in [4.78, 5) is 19.6. The van der Waals surface area contributed by atoms with Crippen molar-refractivity contribution in [3.8, 4) is 45.3 Å². The van der Waals surface area contributed by atoms with E-state index in [1.807, 2.05) is 12.3 Å². The first-order valence-corrected chi connectivity index (χ1v) is 14.3. The average molecular weight is 539 g/mol. The molecule has 42 heavy (non-hydrogen) atoms. The van der Waals surface area contributed by atoms with Crippen molar-refractivity contribution in [1.29, 1.82) is 0 Å². The van der Waals surface area contributed by atoms with E-state index in [1.54, 1.807) is 0 Å². The van der Waals surface area contributed by atoms with Crippen LogP contribution in [0.4, 0.5) is 0 Å². The summed E-state index contributed by atoms with van der Waals surface area (Å²) in [6, 6.07) is 40.1. The number of benzene rings is 5. The number of allylic oxidation sites excluding steroid dienone is 1. The van der Waals surface area contributed by atoms with Gasteiger partial charge in [0.15, 0.2) is 17.5 Å². The SMILES string of the molecule is C1=Cc2cc(-c3nc(-c4ccc(-c5cccc6cccnc56)cc4)nc(-c4ccc5ccccc5c4)n3)ccc2CC1. The molecule has 0 saturated heterocycles. The fourth-order valence-corrected chi connectivity index (χ4v) is 5.79. The van der Waals surface area contributed by atoms with Gasteiger partial charge < -0.3 is 0 Å². The van der Waals surface area contributed by atoms with Gasteiger partial charge in [0.25, 0.3) is 0 Å². The number of rotatable bonds is 4. The molecule has 0 fully saturated rings. The highest BCUT2D eigenvalue weighted by molar-refractivity contribution is 5.93. The van der Waals surface area contributed by atoms with Crippen LogP contribution in [-0.4, -0.2) is 19.9 Å². The quantitative estimate of drug-likeness (QED) is 0.224. The Bertz CT molecular complexity index is 2140. The largest absolute Gasteiger partial charge is 0.256 e. The first-order chi connectivity index (χ1) is 20.8. The minimum Gasteiger partial charge on any atom is -0.256 e. The Morgan fingerprint density at radius 3 is 2.02 bits per heavy atom. The van der Waals surface area contributed by atoms with Gasteiger partial charge in [0.2, 0.25) is 0 Å². The Balaban J connectivity index is 1.25. The van der Waals surface area contributed by atoms with Crippen LogP contribution in [0.1, 0.15) is 17.5 Å². The van der Waals surface area contributed by atoms with E-state index in [0.717, 1.165) is 56.9 Å². The predicted octanol–water partition coefficient (Wildman–Crippen LogP) is 9.20. The molecule has 0 atom stereocenters. The number of hydrogen-bond donors (Lipinski definition) is 0. The Hall–Kier alpha value is -5.48. The number of nitrogens with zero attached hydrogens (tertiary/aromatic N) is 4. The standard InChI is InChI=1S/C38H26N4/c1-3-9-30-23-32(20-14-25(30)7-1)37-40-36(41-38(42-37)33-21-15-26-8-2-4-10-31(26)24-33)29-18-16-27(17-19-29)34-13-5-11-28-12-6-22-39-35(28)34/h1,3-7,9-24H,2,8H2. The monoisotopic (exact) mass is 538 g/mol. The third-order valence-electron chi connectivity index (χ3n) is 8.01. The maximum Gasteiger partial charge on any atom is 0.164 e. The third kappa shape index (κ3) is 4.43. The van der Waals surface area contributed by atoms with E-state index in [4.69, 9.17) is 15.0 Å². The van der Waals surface area contributed by atoms with Gasteiger partial charge in [0.1, 0.15) is 0 Å². The smallest absolute Gasteiger partial charge is 0.164 e. The molecule has 4 heteroatoms. The van der Waals surface area contributed by atoms with Gasteiger partial charge in [0, 0.05) is 33.8 Å². The molecule has 8 rings (SSSR count). The molecule has 0 unspecified atom stereocenters. The molecule has 0 spiro atoms. The number of pyridine rings is 1. The van der Waals surface area contributed by atoms with E-state index in [9.17, 15) is 0 Å². The summed E-state index contributed by atoms with van der Waals surface area (Å²) in [6.07, 6.45) is 8.43. The molecule has 1 aliphatic rings. The van der Waals surface area contributed by atoms with Gasteiger partial charge in [-0.2, -0.15) is 0 Å². The first-order valence-electron chi connectivity index (χ1n) is 14.3. The second-order valence-electron chi connectivity index (χ2n) is 10.7. The molecule has 2 heterocycles. The second kappa shape index (κ2) is 10.2. The van der Waals surface area contributed by atoms with Crippen molar-refractivity contribution in [3.05, 3.63) is 139 Å². The van der Waals surface area contributed by atoms with E-state index in [-0.39, 0.29) is 0 Å². The fourth-order valence-electron chi connectivity index (χ4n) is 5.79. The molecule has 0 aliphatic heterocycles. The topological polar surface area (TPSA) is 51.6 Å². The maximum absolute atomic E-state index is 5.00. The van der Waals surface area contributed by atoms with Gasteiger partial charge >= 0.3 is 0 Å². The Labute approximate surface area is 244 Å². The van der Waals surface area contributed by atoms with Crippen LogP contribution in [0, 0.1) is 0 Å². The van der Waals surface area contributed by atoms with Gasteiger partial charge in [-0.1, -0.05) is 109 Å². The molecule has 7 aromatic rings. The normalized spacial score (nSPS) is 12.5. The van der Waals surface area contributed by atoms with Crippen molar-refractivity contribution < 1.29 is 0 Å². The van der Waals surface area contributed by atoms with Crippen molar-refractivity contribution in [2.75, 3.05) is 0 Å². The summed E-state index contributed by atoms with van der Waals surface area (Å²) in [7, 11) is 0. The van der Waals surface area contributed by atoms with Crippen LogP contribution in [-0.2, 0) is 6.42 Å². The molecule has 5 aromatic carbocycles. The van der Waals surface area contributed by atoms with Crippen molar-refractivity contribution in [2.24, 2.45) is 0 Å². The van der Waals surface area contributed by atoms with E-state index in [0.29, 0.717) is 17.5 Å². The number of aryl methyl sites for hydroxylation is 1. The summed E-state index contributed by atoms with van der Waals surface area (Å²) >= 11 is 0. The number of para-hydroxylation sites is 1. The number of hydrogen-bond acceptors (Lipinski definition) is 4. The molecule has 1 aliphatic carbocycles. The van der Waals surface area contributed by atoms with Crippen LogP contribution in [0.3, 0.4) is 0 Å². The zero-order chi connectivity index (χ0) is 27.9. The fraction of sp³-hybridized carbons (Fsp3) is 0.0526. The van der Waals surface area contributed by atoms with E-state index < -0.39 is 0 Å². The minimum absolute atomic E-state index is 0.652. The van der Waals surface area contributed by atoms with Crippen LogP contribution in [0.2, 0.25) is 0 Å². The highest BCUT2D eigenvalue weighted by Gasteiger charge is 2.15. The second-order valence-corrected chi connectivity index (χ2v) is 10.7. The summed E-state index contributed by atoms with van der Waals surface area (Å²) in [6.45, 7) is 0. The molecule has 0 bridgehead atoms. The van der Waals surface area contributed by atoms with Gasteiger partial charge in [-0.15, -0.1) is 0 Å². The van der Waals surface area contributed by atoms with Crippen LogP contribution in [0.15, 0.2) is 128 Å². The molecular formula is C38H26N4. The molecule has 0 saturated carbocycles. The van der Waals surface area contributed by atoms with Gasteiger partial charge in [-0.25, -0.2) is 15.0 Å². The van der Waals surface area contributed by atoms with Gasteiger partial charge in [0.05, 0.1) is 5.52 Å². The van der Waals surface area contributed by atoms with Gasteiger partial charge in [-0.3, -0.25) is 4.98 Å².